The molecule has 0 saturated heterocycles. The number of hydrogen-bond donors (Lipinski definition) is 2. The Morgan fingerprint density at radius 2 is 1.29 bits per heavy atom. The molecule has 0 radical (unpaired) electrons. The maximum atomic E-state index is 13.2. The number of fused-ring (bicyclic) bond motifs is 2. The van der Waals surface area contributed by atoms with Crippen LogP contribution in [0.3, 0.4) is 0 Å². The maximum absolute atomic E-state index is 13.2. The molecule has 124 valence electrons. The van der Waals surface area contributed by atoms with Crippen LogP contribution in [0.15, 0.2) is 36.4 Å². The molecule has 0 aromatic heterocycles. The van der Waals surface area contributed by atoms with Crippen molar-refractivity contribution < 1.29 is 24.5 Å². The summed E-state index contributed by atoms with van der Waals surface area (Å²) in [4.78, 5) is 13.2. The van der Waals surface area contributed by atoms with Gasteiger partial charge in [0, 0.05) is 11.1 Å². The van der Waals surface area contributed by atoms with Gasteiger partial charge in [-0.15, -0.1) is 0 Å². The third-order valence-electron chi connectivity index (χ3n) is 4.79. The number of hydrogen-bond acceptors (Lipinski definition) is 5. The smallest absolute Gasteiger partial charge is 0.164 e. The summed E-state index contributed by atoms with van der Waals surface area (Å²) in [6, 6.07) is 10.2. The fraction of sp³-hybridized carbons (Fsp3) is 0.316. The summed E-state index contributed by atoms with van der Waals surface area (Å²) in [5.74, 6) is 0.388. The number of para-hydroxylation sites is 2. The lowest BCUT2D eigenvalue weighted by Crippen LogP contribution is -2.29. The Bertz CT molecular complexity index is 733. The lowest BCUT2D eigenvalue weighted by molar-refractivity contribution is -0.123. The second-order valence-corrected chi connectivity index (χ2v) is 6.17. The van der Waals surface area contributed by atoms with Crippen molar-refractivity contribution in [2.45, 2.75) is 24.7 Å². The van der Waals surface area contributed by atoms with E-state index in [4.69, 9.17) is 9.47 Å². The predicted molar refractivity (Wildman–Crippen MR) is 86.9 cm³/mol. The van der Waals surface area contributed by atoms with Gasteiger partial charge < -0.3 is 19.7 Å². The summed E-state index contributed by atoms with van der Waals surface area (Å²) in [5.41, 5.74) is 1.47. The molecular weight excluding hydrogens is 308 g/mol. The normalized spacial score (nSPS) is 21.8. The topological polar surface area (TPSA) is 76.0 Å². The zero-order chi connectivity index (χ0) is 16.7. The SMILES string of the molecule is O=C(C1CCOc2c(O)cccc21)C1CCOc2c(O)cccc21. The largest absolute Gasteiger partial charge is 0.504 e. The second kappa shape index (κ2) is 5.74. The van der Waals surface area contributed by atoms with Crippen LogP contribution in [-0.2, 0) is 4.79 Å². The number of carbonyl (C=O) groups excluding carboxylic acids is 1. The number of ketones is 1. The van der Waals surface area contributed by atoms with Gasteiger partial charge in [-0.25, -0.2) is 0 Å². The van der Waals surface area contributed by atoms with Gasteiger partial charge in [-0.1, -0.05) is 24.3 Å². The van der Waals surface area contributed by atoms with Gasteiger partial charge in [-0.2, -0.15) is 0 Å². The molecule has 5 nitrogen and oxygen atoms in total. The molecule has 0 spiro atoms. The van der Waals surface area contributed by atoms with Crippen molar-refractivity contribution in [3.8, 4) is 23.0 Å². The van der Waals surface area contributed by atoms with Crippen molar-refractivity contribution in [2.75, 3.05) is 13.2 Å². The first-order valence-corrected chi connectivity index (χ1v) is 8.10. The van der Waals surface area contributed by atoms with Gasteiger partial charge in [0.25, 0.3) is 0 Å². The number of phenols is 2. The van der Waals surface area contributed by atoms with Crippen molar-refractivity contribution in [3.05, 3.63) is 47.5 Å². The number of benzene rings is 2. The summed E-state index contributed by atoms with van der Waals surface area (Å²) in [7, 11) is 0. The maximum Gasteiger partial charge on any atom is 0.164 e. The molecule has 2 aromatic carbocycles. The Hall–Kier alpha value is -2.69. The van der Waals surface area contributed by atoms with E-state index in [-0.39, 0.29) is 29.1 Å². The number of ether oxygens (including phenoxy) is 2. The predicted octanol–water partition coefficient (Wildman–Crippen LogP) is 3.10. The van der Waals surface area contributed by atoms with Crippen LogP contribution < -0.4 is 9.47 Å². The molecule has 4 rings (SSSR count). The first-order valence-electron chi connectivity index (χ1n) is 8.10. The van der Waals surface area contributed by atoms with Crippen LogP contribution in [0.4, 0.5) is 0 Å². The molecular formula is C19H18O5. The molecule has 0 aliphatic carbocycles. The van der Waals surface area contributed by atoms with E-state index in [0.29, 0.717) is 37.6 Å². The molecule has 2 aliphatic heterocycles. The van der Waals surface area contributed by atoms with Crippen LogP contribution in [0.25, 0.3) is 0 Å². The fourth-order valence-electron chi connectivity index (χ4n) is 3.65. The van der Waals surface area contributed by atoms with E-state index in [1.807, 2.05) is 12.1 Å². The number of carbonyl (C=O) groups is 1. The zero-order valence-corrected chi connectivity index (χ0v) is 13.1. The number of phenolic OH excluding ortho intramolecular Hbond substituents is 2. The first kappa shape index (κ1) is 14.9. The minimum Gasteiger partial charge on any atom is -0.504 e. The molecule has 2 unspecified atom stereocenters. The lowest BCUT2D eigenvalue weighted by Gasteiger charge is -2.31. The van der Waals surface area contributed by atoms with E-state index in [1.165, 1.54) is 0 Å². The van der Waals surface area contributed by atoms with E-state index >= 15 is 0 Å². The van der Waals surface area contributed by atoms with Gasteiger partial charge >= 0.3 is 0 Å². The molecule has 24 heavy (non-hydrogen) atoms. The Morgan fingerprint density at radius 1 is 0.833 bits per heavy atom. The van der Waals surface area contributed by atoms with Crippen LogP contribution in [0.2, 0.25) is 0 Å². The third kappa shape index (κ3) is 2.28. The average Bonchev–Trinajstić information content (AvgIpc) is 2.61. The average molecular weight is 326 g/mol. The van der Waals surface area contributed by atoms with Crippen molar-refractivity contribution in [2.24, 2.45) is 0 Å². The first-order chi connectivity index (χ1) is 11.7. The van der Waals surface area contributed by atoms with Gasteiger partial charge in [-0.05, 0) is 25.0 Å². The summed E-state index contributed by atoms with van der Waals surface area (Å²) in [6.45, 7) is 0.800. The highest BCUT2D eigenvalue weighted by Crippen LogP contribution is 2.46. The van der Waals surface area contributed by atoms with Gasteiger partial charge in [-0.3, -0.25) is 4.79 Å². The number of Topliss-reactive ketones (excluding diaryl/α,β-unsaturated/α-hetero) is 1. The molecule has 2 heterocycles. The standard InChI is InChI=1S/C19H18O5/c20-15-5-1-3-13-11(7-9-23-18(13)15)17(22)12-8-10-24-19-14(12)4-2-6-16(19)21/h1-6,11-12,20-21H,7-10H2. The molecule has 2 aromatic rings. The Morgan fingerprint density at radius 3 is 1.75 bits per heavy atom. The highest BCUT2D eigenvalue weighted by Gasteiger charge is 2.37. The van der Waals surface area contributed by atoms with Gasteiger partial charge in [0.05, 0.1) is 25.0 Å². The zero-order valence-electron chi connectivity index (χ0n) is 13.1. The summed E-state index contributed by atoms with van der Waals surface area (Å²) >= 11 is 0. The van der Waals surface area contributed by atoms with Gasteiger partial charge in [0.2, 0.25) is 0 Å². The lowest BCUT2D eigenvalue weighted by atomic mass is 9.78. The Balaban J connectivity index is 1.72. The fourth-order valence-corrected chi connectivity index (χ4v) is 3.65. The van der Waals surface area contributed by atoms with Gasteiger partial charge in [0.1, 0.15) is 5.78 Å². The van der Waals surface area contributed by atoms with Gasteiger partial charge in [0.15, 0.2) is 23.0 Å². The molecule has 0 bridgehead atoms. The highest BCUT2D eigenvalue weighted by molar-refractivity contribution is 5.93. The van der Waals surface area contributed by atoms with Crippen LogP contribution in [0.1, 0.15) is 35.8 Å². The molecule has 0 saturated carbocycles. The number of rotatable bonds is 2. The van der Waals surface area contributed by atoms with Crippen molar-refractivity contribution in [3.63, 3.8) is 0 Å². The van der Waals surface area contributed by atoms with Crippen molar-refractivity contribution in [1.29, 1.82) is 0 Å². The number of aromatic hydroxyl groups is 2. The minimum atomic E-state index is -0.320. The summed E-state index contributed by atoms with van der Waals surface area (Å²) in [5, 5.41) is 19.9. The van der Waals surface area contributed by atoms with E-state index < -0.39 is 0 Å². The molecule has 2 atom stereocenters. The van der Waals surface area contributed by atoms with Crippen molar-refractivity contribution >= 4 is 5.78 Å². The van der Waals surface area contributed by atoms with E-state index in [2.05, 4.69) is 0 Å². The second-order valence-electron chi connectivity index (χ2n) is 6.17. The van der Waals surface area contributed by atoms with Crippen LogP contribution in [0.5, 0.6) is 23.0 Å². The highest BCUT2D eigenvalue weighted by atomic mass is 16.5. The molecule has 0 amide bonds. The quantitative estimate of drug-likeness (QED) is 0.887. The van der Waals surface area contributed by atoms with Crippen molar-refractivity contribution in [1.82, 2.24) is 0 Å². The molecule has 0 fully saturated rings. The minimum absolute atomic E-state index is 0.0648. The van der Waals surface area contributed by atoms with E-state index in [9.17, 15) is 15.0 Å². The van der Waals surface area contributed by atoms with Crippen LogP contribution in [-0.4, -0.2) is 29.2 Å². The monoisotopic (exact) mass is 326 g/mol. The Labute approximate surface area is 139 Å². The van der Waals surface area contributed by atoms with E-state index in [1.54, 1.807) is 24.3 Å². The molecule has 2 N–H and O–H groups in total. The summed E-state index contributed by atoms with van der Waals surface area (Å²) in [6.07, 6.45) is 1.17. The Kier molecular flexibility index (Phi) is 3.56. The molecule has 2 aliphatic rings. The van der Waals surface area contributed by atoms with Crippen LogP contribution >= 0.6 is 0 Å². The molecule has 5 heteroatoms. The third-order valence-corrected chi connectivity index (χ3v) is 4.79. The van der Waals surface area contributed by atoms with Crippen LogP contribution in [0, 0.1) is 0 Å². The summed E-state index contributed by atoms with van der Waals surface area (Å²) < 4.78 is 11.1. The van der Waals surface area contributed by atoms with E-state index in [0.717, 1.165) is 11.1 Å².